The predicted octanol–water partition coefficient (Wildman–Crippen LogP) is 3.48. The first-order chi connectivity index (χ1) is 9.06. The molecule has 0 aliphatic carbocycles. The Hall–Kier alpha value is -1.01. The number of nitrogens with one attached hydrogen (secondary N) is 1. The van der Waals surface area contributed by atoms with Gasteiger partial charge in [0.1, 0.15) is 11.6 Å². The van der Waals surface area contributed by atoms with E-state index in [-0.39, 0.29) is 16.1 Å². The molecule has 104 valence electrons. The molecule has 1 N–H and O–H groups in total. The van der Waals surface area contributed by atoms with Crippen LogP contribution in [0.1, 0.15) is 19.3 Å². The van der Waals surface area contributed by atoms with Crippen LogP contribution < -0.4 is 5.32 Å². The standard InChI is InChI=1S/C13H14BrF2NO2/c14-9-5-12(11(16)6-10(9)15)17-13(18)2-1-8-3-4-19-7-8/h5-6,8H,1-4,7H2,(H,17,18). The van der Waals surface area contributed by atoms with Crippen molar-refractivity contribution in [2.75, 3.05) is 18.5 Å². The second kappa shape index (κ2) is 6.43. The van der Waals surface area contributed by atoms with Gasteiger partial charge < -0.3 is 10.1 Å². The highest BCUT2D eigenvalue weighted by molar-refractivity contribution is 9.10. The molecule has 1 amide bonds. The number of carbonyl (C=O) groups excluding carboxylic acids is 1. The number of anilines is 1. The molecule has 1 unspecified atom stereocenters. The molecule has 0 spiro atoms. The van der Waals surface area contributed by atoms with E-state index in [1.54, 1.807) is 0 Å². The number of rotatable bonds is 4. The van der Waals surface area contributed by atoms with Crippen molar-refractivity contribution in [1.29, 1.82) is 0 Å². The van der Waals surface area contributed by atoms with E-state index in [2.05, 4.69) is 21.2 Å². The lowest BCUT2D eigenvalue weighted by atomic mass is 10.0. The lowest BCUT2D eigenvalue weighted by Gasteiger charge is -2.09. The number of halogens is 3. The van der Waals surface area contributed by atoms with Crippen molar-refractivity contribution in [3.05, 3.63) is 28.2 Å². The molecular weight excluding hydrogens is 320 g/mol. The average molecular weight is 334 g/mol. The van der Waals surface area contributed by atoms with Crippen molar-refractivity contribution in [3.8, 4) is 0 Å². The molecule has 1 aromatic rings. The molecule has 0 saturated carbocycles. The van der Waals surface area contributed by atoms with E-state index in [4.69, 9.17) is 4.74 Å². The van der Waals surface area contributed by atoms with Gasteiger partial charge in [-0.1, -0.05) is 0 Å². The minimum absolute atomic E-state index is 0.0130. The smallest absolute Gasteiger partial charge is 0.224 e. The molecule has 0 aromatic heterocycles. The second-order valence-corrected chi connectivity index (χ2v) is 5.42. The monoisotopic (exact) mass is 333 g/mol. The van der Waals surface area contributed by atoms with Crippen molar-refractivity contribution in [3.63, 3.8) is 0 Å². The summed E-state index contributed by atoms with van der Waals surface area (Å²) in [6, 6.07) is 1.96. The Morgan fingerprint density at radius 2 is 2.21 bits per heavy atom. The molecule has 1 saturated heterocycles. The van der Waals surface area contributed by atoms with Crippen molar-refractivity contribution in [1.82, 2.24) is 0 Å². The van der Waals surface area contributed by atoms with Gasteiger partial charge in [0, 0.05) is 25.7 Å². The van der Waals surface area contributed by atoms with Crippen LogP contribution >= 0.6 is 15.9 Å². The molecule has 1 aliphatic rings. The molecular formula is C13H14BrF2NO2. The maximum absolute atomic E-state index is 13.4. The van der Waals surface area contributed by atoms with E-state index in [0.717, 1.165) is 25.5 Å². The SMILES string of the molecule is O=C(CCC1CCOC1)Nc1cc(Br)c(F)cc1F. The van der Waals surface area contributed by atoms with Crippen LogP contribution in [0.25, 0.3) is 0 Å². The highest BCUT2D eigenvalue weighted by atomic mass is 79.9. The Bertz CT molecular complexity index is 476. The highest BCUT2D eigenvalue weighted by Crippen LogP contribution is 2.24. The fraction of sp³-hybridized carbons (Fsp3) is 0.462. The van der Waals surface area contributed by atoms with Crippen molar-refractivity contribution < 1.29 is 18.3 Å². The summed E-state index contributed by atoms with van der Waals surface area (Å²) in [5, 5.41) is 2.45. The first-order valence-corrected chi connectivity index (χ1v) is 6.87. The largest absolute Gasteiger partial charge is 0.381 e. The van der Waals surface area contributed by atoms with Crippen LogP contribution in [-0.4, -0.2) is 19.1 Å². The van der Waals surface area contributed by atoms with Crippen molar-refractivity contribution in [2.45, 2.75) is 19.3 Å². The quantitative estimate of drug-likeness (QED) is 0.856. The van der Waals surface area contributed by atoms with Gasteiger partial charge in [0.25, 0.3) is 0 Å². The van der Waals surface area contributed by atoms with Gasteiger partial charge in [0.2, 0.25) is 5.91 Å². The summed E-state index contributed by atoms with van der Waals surface area (Å²) in [5.74, 6) is -1.35. The van der Waals surface area contributed by atoms with Gasteiger partial charge in [-0.3, -0.25) is 4.79 Å². The Morgan fingerprint density at radius 3 is 2.89 bits per heavy atom. The van der Waals surface area contributed by atoms with E-state index in [0.29, 0.717) is 18.9 Å². The van der Waals surface area contributed by atoms with Gasteiger partial charge in [-0.15, -0.1) is 0 Å². The van der Waals surface area contributed by atoms with Crippen molar-refractivity contribution >= 4 is 27.5 Å². The normalized spacial score (nSPS) is 18.6. The zero-order valence-electron chi connectivity index (χ0n) is 10.2. The van der Waals surface area contributed by atoms with Gasteiger partial charge >= 0.3 is 0 Å². The van der Waals surface area contributed by atoms with Crippen LogP contribution in [-0.2, 0) is 9.53 Å². The Balaban J connectivity index is 1.89. The molecule has 0 bridgehead atoms. The molecule has 1 aliphatic heterocycles. The van der Waals surface area contributed by atoms with Gasteiger partial charge in [-0.25, -0.2) is 8.78 Å². The van der Waals surface area contributed by atoms with E-state index in [1.807, 2.05) is 0 Å². The molecule has 0 radical (unpaired) electrons. The predicted molar refractivity (Wildman–Crippen MR) is 70.8 cm³/mol. The van der Waals surface area contributed by atoms with Crippen LogP contribution in [0.3, 0.4) is 0 Å². The number of hydrogen-bond donors (Lipinski definition) is 1. The van der Waals surface area contributed by atoms with Gasteiger partial charge in [-0.2, -0.15) is 0 Å². The number of carbonyl (C=O) groups is 1. The lowest BCUT2D eigenvalue weighted by molar-refractivity contribution is -0.116. The molecule has 1 aromatic carbocycles. The van der Waals surface area contributed by atoms with Gasteiger partial charge in [-0.05, 0) is 40.8 Å². The Kier molecular flexibility index (Phi) is 4.87. The van der Waals surface area contributed by atoms with Crippen LogP contribution in [0, 0.1) is 17.6 Å². The zero-order valence-corrected chi connectivity index (χ0v) is 11.8. The lowest BCUT2D eigenvalue weighted by Crippen LogP contribution is -2.14. The minimum atomic E-state index is -0.779. The minimum Gasteiger partial charge on any atom is -0.381 e. The number of ether oxygens (including phenoxy) is 1. The molecule has 1 heterocycles. The summed E-state index contributed by atoms with van der Waals surface area (Å²) in [6.45, 7) is 1.43. The maximum atomic E-state index is 13.4. The Labute approximate surface area is 118 Å². The molecule has 2 rings (SSSR count). The zero-order chi connectivity index (χ0) is 13.8. The molecule has 1 atom stereocenters. The third-order valence-corrected chi connectivity index (χ3v) is 3.70. The van der Waals surface area contributed by atoms with E-state index >= 15 is 0 Å². The van der Waals surface area contributed by atoms with E-state index in [9.17, 15) is 13.6 Å². The topological polar surface area (TPSA) is 38.3 Å². The molecule has 19 heavy (non-hydrogen) atoms. The fourth-order valence-corrected chi connectivity index (χ4v) is 2.32. The van der Waals surface area contributed by atoms with Crippen LogP contribution in [0.15, 0.2) is 16.6 Å². The highest BCUT2D eigenvalue weighted by Gasteiger charge is 2.17. The Morgan fingerprint density at radius 1 is 1.42 bits per heavy atom. The molecule has 3 nitrogen and oxygen atoms in total. The third kappa shape index (κ3) is 3.98. The van der Waals surface area contributed by atoms with E-state index in [1.165, 1.54) is 6.07 Å². The average Bonchev–Trinajstić information content (AvgIpc) is 2.86. The number of amides is 1. The summed E-state index contributed by atoms with van der Waals surface area (Å²) < 4.78 is 31.8. The van der Waals surface area contributed by atoms with Crippen molar-refractivity contribution in [2.24, 2.45) is 5.92 Å². The second-order valence-electron chi connectivity index (χ2n) is 4.56. The molecule has 6 heteroatoms. The summed E-state index contributed by atoms with van der Waals surface area (Å²) in [5.41, 5.74) is -0.0130. The maximum Gasteiger partial charge on any atom is 0.224 e. The number of hydrogen-bond acceptors (Lipinski definition) is 2. The molecule has 1 fully saturated rings. The van der Waals surface area contributed by atoms with E-state index < -0.39 is 11.6 Å². The van der Waals surface area contributed by atoms with Gasteiger partial charge in [0.05, 0.1) is 10.2 Å². The van der Waals surface area contributed by atoms with Crippen LogP contribution in [0.2, 0.25) is 0 Å². The van der Waals surface area contributed by atoms with Gasteiger partial charge in [0.15, 0.2) is 0 Å². The first kappa shape index (κ1) is 14.4. The summed E-state index contributed by atoms with van der Waals surface area (Å²) in [4.78, 5) is 11.7. The summed E-state index contributed by atoms with van der Waals surface area (Å²) >= 11 is 2.95. The summed E-state index contributed by atoms with van der Waals surface area (Å²) in [7, 11) is 0. The first-order valence-electron chi connectivity index (χ1n) is 6.08. The van der Waals surface area contributed by atoms with Crippen LogP contribution in [0.4, 0.5) is 14.5 Å². The number of benzene rings is 1. The van der Waals surface area contributed by atoms with Crippen LogP contribution in [0.5, 0.6) is 0 Å². The fourth-order valence-electron chi connectivity index (χ4n) is 1.98. The third-order valence-electron chi connectivity index (χ3n) is 3.09. The summed E-state index contributed by atoms with van der Waals surface area (Å²) in [6.07, 6.45) is 1.99.